The quantitative estimate of drug-likeness (QED) is 0.716. The van der Waals surface area contributed by atoms with Gasteiger partial charge >= 0.3 is 5.97 Å². The number of carbonyl (C=O) groups is 1. The Morgan fingerprint density at radius 1 is 1.57 bits per heavy atom. The molecule has 0 aromatic rings. The van der Waals surface area contributed by atoms with Gasteiger partial charge in [-0.2, -0.15) is 4.31 Å². The zero-order valence-corrected chi connectivity index (χ0v) is 9.12. The van der Waals surface area contributed by atoms with E-state index in [2.05, 4.69) is 0 Å². The monoisotopic (exact) mass is 221 g/mol. The normalized spacial score (nSPS) is 19.6. The maximum absolute atomic E-state index is 11.6. The molecular weight excluding hydrogens is 206 g/mol. The van der Waals surface area contributed by atoms with E-state index in [0.717, 1.165) is 17.1 Å². The van der Waals surface area contributed by atoms with Gasteiger partial charge in [0.05, 0.1) is 5.75 Å². The number of sulfonamides is 1. The second-order valence-electron chi connectivity index (χ2n) is 3.75. The van der Waals surface area contributed by atoms with Gasteiger partial charge in [-0.1, -0.05) is 0 Å². The summed E-state index contributed by atoms with van der Waals surface area (Å²) >= 11 is 0. The Balaban J connectivity index is 2.65. The average Bonchev–Trinajstić information content (AvgIpc) is 2.84. The van der Waals surface area contributed by atoms with Gasteiger partial charge in [-0.3, -0.25) is 4.79 Å². The lowest BCUT2D eigenvalue weighted by Crippen LogP contribution is -2.41. The molecule has 1 atom stereocenters. The maximum Gasteiger partial charge on any atom is 0.321 e. The van der Waals surface area contributed by atoms with Crippen molar-refractivity contribution in [2.24, 2.45) is 5.92 Å². The van der Waals surface area contributed by atoms with Crippen LogP contribution in [-0.4, -0.2) is 42.6 Å². The molecule has 0 bridgehead atoms. The van der Waals surface area contributed by atoms with Crippen LogP contribution in [-0.2, 0) is 14.8 Å². The molecule has 1 N–H and O–H groups in total. The molecule has 5 nitrogen and oxygen atoms in total. The zero-order chi connectivity index (χ0) is 10.9. The number of carboxylic acids is 1. The molecule has 1 aliphatic carbocycles. The van der Waals surface area contributed by atoms with Crippen molar-refractivity contribution in [2.45, 2.75) is 25.8 Å². The van der Waals surface area contributed by atoms with E-state index in [1.54, 1.807) is 0 Å². The summed E-state index contributed by atoms with van der Waals surface area (Å²) in [6.07, 6.45) is 1.88. The summed E-state index contributed by atoms with van der Waals surface area (Å²) in [5.41, 5.74) is 0. The minimum Gasteiger partial charge on any atom is -0.480 e. The Bertz CT molecular complexity index is 320. The van der Waals surface area contributed by atoms with Crippen LogP contribution in [0.15, 0.2) is 0 Å². The molecule has 1 saturated carbocycles. The minimum atomic E-state index is -3.39. The van der Waals surface area contributed by atoms with Crippen LogP contribution in [0.2, 0.25) is 0 Å². The summed E-state index contributed by atoms with van der Waals surface area (Å²) in [6, 6.07) is -0.987. The summed E-state index contributed by atoms with van der Waals surface area (Å²) in [4.78, 5) is 10.6. The third-order valence-corrected chi connectivity index (χ3v) is 4.57. The Hall–Kier alpha value is -0.620. The first-order valence-electron chi connectivity index (χ1n) is 4.53. The van der Waals surface area contributed by atoms with Crippen LogP contribution in [0.1, 0.15) is 19.8 Å². The predicted molar refractivity (Wildman–Crippen MR) is 51.4 cm³/mol. The molecule has 0 heterocycles. The highest BCUT2D eigenvalue weighted by molar-refractivity contribution is 7.89. The first-order chi connectivity index (χ1) is 6.34. The van der Waals surface area contributed by atoms with E-state index in [0.29, 0.717) is 0 Å². The maximum atomic E-state index is 11.6. The highest BCUT2D eigenvalue weighted by Gasteiger charge is 2.34. The second kappa shape index (κ2) is 3.86. The largest absolute Gasteiger partial charge is 0.480 e. The van der Waals surface area contributed by atoms with Crippen LogP contribution in [0.3, 0.4) is 0 Å². The number of rotatable bonds is 5. The molecule has 1 rings (SSSR count). The standard InChI is InChI=1S/C8H15NO4S/c1-6(8(10)11)9(2)14(12,13)5-7-3-4-7/h6-7H,3-5H2,1-2H3,(H,10,11). The number of hydrogen-bond acceptors (Lipinski definition) is 3. The van der Waals surface area contributed by atoms with Gasteiger partial charge in [0, 0.05) is 7.05 Å². The van der Waals surface area contributed by atoms with Crippen molar-refractivity contribution in [1.29, 1.82) is 0 Å². The van der Waals surface area contributed by atoms with Gasteiger partial charge in [0.25, 0.3) is 0 Å². The topological polar surface area (TPSA) is 74.7 Å². The van der Waals surface area contributed by atoms with E-state index in [1.165, 1.54) is 14.0 Å². The Morgan fingerprint density at radius 2 is 2.07 bits per heavy atom. The van der Waals surface area contributed by atoms with Gasteiger partial charge in [-0.15, -0.1) is 0 Å². The van der Waals surface area contributed by atoms with E-state index >= 15 is 0 Å². The highest BCUT2D eigenvalue weighted by atomic mass is 32.2. The molecule has 0 aromatic carbocycles. The van der Waals surface area contributed by atoms with Gasteiger partial charge < -0.3 is 5.11 Å². The van der Waals surface area contributed by atoms with Gasteiger partial charge in [0.1, 0.15) is 6.04 Å². The van der Waals surface area contributed by atoms with Crippen LogP contribution in [0.5, 0.6) is 0 Å². The van der Waals surface area contributed by atoms with Gasteiger partial charge in [-0.05, 0) is 25.7 Å². The first kappa shape index (κ1) is 11.5. The number of likely N-dealkylation sites (N-methyl/N-ethyl adjacent to an activating group) is 1. The van der Waals surface area contributed by atoms with Crippen molar-refractivity contribution in [3.63, 3.8) is 0 Å². The number of aliphatic carboxylic acids is 1. The summed E-state index contributed by atoms with van der Waals surface area (Å²) in [7, 11) is -2.07. The lowest BCUT2D eigenvalue weighted by molar-refractivity contribution is -0.140. The fraction of sp³-hybridized carbons (Fsp3) is 0.875. The van der Waals surface area contributed by atoms with Crippen LogP contribution >= 0.6 is 0 Å². The lowest BCUT2D eigenvalue weighted by Gasteiger charge is -2.20. The zero-order valence-electron chi connectivity index (χ0n) is 8.30. The molecule has 14 heavy (non-hydrogen) atoms. The molecule has 1 unspecified atom stereocenters. The Labute approximate surface area is 83.8 Å². The molecule has 0 aliphatic heterocycles. The SMILES string of the molecule is CC(C(=O)O)N(C)S(=O)(=O)CC1CC1. The van der Waals surface area contributed by atoms with Crippen LogP contribution < -0.4 is 0 Å². The average molecular weight is 221 g/mol. The Kier molecular flexibility index (Phi) is 3.16. The molecule has 1 aliphatic rings. The summed E-state index contributed by atoms with van der Waals surface area (Å²) < 4.78 is 24.1. The molecule has 82 valence electrons. The third kappa shape index (κ3) is 2.68. The summed E-state index contributed by atoms with van der Waals surface area (Å²) in [5.74, 6) is -0.795. The van der Waals surface area contributed by atoms with Crippen LogP contribution in [0.4, 0.5) is 0 Å². The van der Waals surface area contributed by atoms with Crippen molar-refractivity contribution >= 4 is 16.0 Å². The fourth-order valence-corrected chi connectivity index (χ4v) is 2.83. The van der Waals surface area contributed by atoms with Crippen molar-refractivity contribution in [3.8, 4) is 0 Å². The second-order valence-corrected chi connectivity index (χ2v) is 5.83. The molecule has 0 saturated heterocycles. The summed E-state index contributed by atoms with van der Waals surface area (Å²) in [6.45, 7) is 1.37. The van der Waals surface area contributed by atoms with Crippen LogP contribution in [0, 0.1) is 5.92 Å². The van der Waals surface area contributed by atoms with E-state index in [-0.39, 0.29) is 11.7 Å². The highest BCUT2D eigenvalue weighted by Crippen LogP contribution is 2.31. The lowest BCUT2D eigenvalue weighted by atomic mass is 10.4. The van der Waals surface area contributed by atoms with Crippen molar-refractivity contribution < 1.29 is 18.3 Å². The number of hydrogen-bond donors (Lipinski definition) is 1. The van der Waals surface area contributed by atoms with E-state index in [9.17, 15) is 13.2 Å². The first-order valence-corrected chi connectivity index (χ1v) is 6.14. The summed E-state index contributed by atoms with van der Waals surface area (Å²) in [5, 5.41) is 8.66. The van der Waals surface area contributed by atoms with Gasteiger partial charge in [0.15, 0.2) is 0 Å². The fourth-order valence-electron chi connectivity index (χ4n) is 1.10. The molecular formula is C8H15NO4S. The van der Waals surface area contributed by atoms with Crippen molar-refractivity contribution in [3.05, 3.63) is 0 Å². The number of nitrogens with zero attached hydrogens (tertiary/aromatic N) is 1. The molecule has 0 aromatic heterocycles. The minimum absolute atomic E-state index is 0.0844. The Morgan fingerprint density at radius 3 is 2.43 bits per heavy atom. The molecule has 0 radical (unpaired) electrons. The molecule has 6 heteroatoms. The smallest absolute Gasteiger partial charge is 0.321 e. The van der Waals surface area contributed by atoms with E-state index in [4.69, 9.17) is 5.11 Å². The van der Waals surface area contributed by atoms with E-state index < -0.39 is 22.0 Å². The van der Waals surface area contributed by atoms with Gasteiger partial charge in [0.2, 0.25) is 10.0 Å². The molecule has 1 fully saturated rings. The molecule has 0 spiro atoms. The van der Waals surface area contributed by atoms with Crippen LogP contribution in [0.25, 0.3) is 0 Å². The molecule has 0 amide bonds. The number of carboxylic acid groups (broad SMARTS) is 1. The third-order valence-electron chi connectivity index (χ3n) is 2.48. The van der Waals surface area contributed by atoms with Crippen molar-refractivity contribution in [2.75, 3.05) is 12.8 Å². The van der Waals surface area contributed by atoms with Crippen molar-refractivity contribution in [1.82, 2.24) is 4.31 Å². The van der Waals surface area contributed by atoms with E-state index in [1.807, 2.05) is 0 Å². The van der Waals surface area contributed by atoms with Gasteiger partial charge in [-0.25, -0.2) is 8.42 Å². The predicted octanol–water partition coefficient (Wildman–Crippen LogP) is 0.131.